The van der Waals surface area contributed by atoms with E-state index in [4.69, 9.17) is 19.5 Å². The lowest BCUT2D eigenvalue weighted by Crippen LogP contribution is -2.52. The number of ether oxygens (including phenoxy) is 2. The number of nitrogens with one attached hydrogen (secondary N) is 5. The Hall–Kier alpha value is -5.83. The summed E-state index contributed by atoms with van der Waals surface area (Å²) in [5.74, 6) is 1.75. The molecular weight excluding hydrogens is 799 g/mol. The quantitative estimate of drug-likeness (QED) is 0.0540. The number of imidazole rings is 2. The fourth-order valence-electron chi connectivity index (χ4n) is 8.89. The van der Waals surface area contributed by atoms with Gasteiger partial charge in [0.1, 0.15) is 17.7 Å². The molecular formula is C48H65N9O6. The highest BCUT2D eigenvalue weighted by Gasteiger charge is 2.40. The molecule has 3 aromatic heterocycles. The Morgan fingerprint density at radius 1 is 0.841 bits per heavy atom. The van der Waals surface area contributed by atoms with E-state index in [-0.39, 0.29) is 23.8 Å². The van der Waals surface area contributed by atoms with Gasteiger partial charge in [-0.1, -0.05) is 76.0 Å². The van der Waals surface area contributed by atoms with Crippen LogP contribution in [0.5, 0.6) is 0 Å². The molecule has 338 valence electrons. The van der Waals surface area contributed by atoms with Gasteiger partial charge in [-0.3, -0.25) is 14.4 Å². The molecule has 3 aliphatic rings. The number of aromatic nitrogens is 5. The first-order chi connectivity index (χ1) is 30.8. The summed E-state index contributed by atoms with van der Waals surface area (Å²) in [5, 5.41) is 9.66. The number of aryl methyl sites for hydroxylation is 1. The average Bonchev–Trinajstić information content (AvgIpc) is 4.12. The fourth-order valence-corrected chi connectivity index (χ4v) is 8.89. The van der Waals surface area contributed by atoms with Gasteiger partial charge in [-0.2, -0.15) is 0 Å². The van der Waals surface area contributed by atoms with Crippen molar-refractivity contribution in [2.45, 2.75) is 115 Å². The second-order valence-electron chi connectivity index (χ2n) is 16.7. The highest BCUT2D eigenvalue weighted by molar-refractivity contribution is 5.88. The van der Waals surface area contributed by atoms with Crippen molar-refractivity contribution in [3.8, 4) is 22.5 Å². The molecule has 2 aromatic carbocycles. The molecule has 8 rings (SSSR count). The second-order valence-corrected chi connectivity index (χ2v) is 16.7. The van der Waals surface area contributed by atoms with Gasteiger partial charge in [0, 0.05) is 36.0 Å². The van der Waals surface area contributed by atoms with E-state index in [1.165, 1.54) is 52.7 Å². The Balaban J connectivity index is 0.000000588. The Bertz CT molecular complexity index is 2230. The van der Waals surface area contributed by atoms with Gasteiger partial charge in [0.2, 0.25) is 11.8 Å². The highest BCUT2D eigenvalue weighted by atomic mass is 16.5. The molecule has 2 atom stereocenters. The molecule has 1 aliphatic heterocycles. The number of nitrogens with zero attached hydrogens (tertiary/aromatic N) is 4. The van der Waals surface area contributed by atoms with Crippen LogP contribution in [0, 0.1) is 5.92 Å². The molecule has 0 bridgehead atoms. The molecule has 1 saturated heterocycles. The van der Waals surface area contributed by atoms with Crippen molar-refractivity contribution in [2.75, 3.05) is 40.9 Å². The molecule has 3 fully saturated rings. The van der Waals surface area contributed by atoms with E-state index in [2.05, 4.69) is 59.9 Å². The van der Waals surface area contributed by atoms with E-state index < -0.39 is 12.1 Å². The van der Waals surface area contributed by atoms with Gasteiger partial charge >= 0.3 is 6.09 Å². The van der Waals surface area contributed by atoms with Crippen molar-refractivity contribution in [1.82, 2.24) is 45.8 Å². The molecule has 15 heteroatoms. The van der Waals surface area contributed by atoms with E-state index in [1.807, 2.05) is 35.4 Å². The summed E-state index contributed by atoms with van der Waals surface area (Å²) in [7, 11) is 4.41. The fraction of sp³-hybridized carbons (Fsp3) is 0.521. The van der Waals surface area contributed by atoms with Crippen molar-refractivity contribution in [2.24, 2.45) is 5.92 Å². The van der Waals surface area contributed by atoms with Crippen LogP contribution < -0.4 is 16.0 Å². The number of aromatic amines is 2. The van der Waals surface area contributed by atoms with Crippen LogP contribution in [0.1, 0.15) is 114 Å². The molecule has 2 aliphatic carbocycles. The number of hydrogen-bond acceptors (Lipinski definition) is 10. The molecule has 0 spiro atoms. The number of hydrogen-bond donors (Lipinski definition) is 5. The number of H-pyrrole nitrogens is 2. The Labute approximate surface area is 370 Å². The van der Waals surface area contributed by atoms with Gasteiger partial charge in [-0.25, -0.2) is 19.7 Å². The number of amides is 3. The monoisotopic (exact) mass is 864 g/mol. The number of benzene rings is 2. The number of methoxy groups -OCH3 is 2. The Morgan fingerprint density at radius 3 is 2.27 bits per heavy atom. The van der Waals surface area contributed by atoms with Crippen LogP contribution >= 0.6 is 0 Å². The summed E-state index contributed by atoms with van der Waals surface area (Å²) in [6, 6.07) is 15.7. The van der Waals surface area contributed by atoms with Crippen LogP contribution in [0.2, 0.25) is 0 Å². The highest BCUT2D eigenvalue weighted by Crippen LogP contribution is 2.36. The summed E-state index contributed by atoms with van der Waals surface area (Å²) in [4.78, 5) is 70.2. The number of fused-ring (bicyclic) bond motifs is 2. The van der Waals surface area contributed by atoms with E-state index in [0.29, 0.717) is 26.1 Å². The number of carbonyl (C=O) groups is 4. The van der Waals surface area contributed by atoms with Gasteiger partial charge in [-0.15, -0.1) is 0 Å². The van der Waals surface area contributed by atoms with Crippen LogP contribution in [0.15, 0.2) is 54.7 Å². The first kappa shape index (κ1) is 46.7. The number of likely N-dealkylation sites (tertiary alicyclic amines) is 1. The van der Waals surface area contributed by atoms with E-state index in [1.54, 1.807) is 7.05 Å². The topological polar surface area (TPSA) is 196 Å². The van der Waals surface area contributed by atoms with Crippen LogP contribution in [0.25, 0.3) is 44.5 Å². The zero-order valence-corrected chi connectivity index (χ0v) is 37.2. The third-order valence-electron chi connectivity index (χ3n) is 12.2. The number of unbranched alkanes of at least 4 members (excludes halogenated alkanes) is 1. The number of likely N-dealkylation sites (N-methyl/N-ethyl adjacent to an activating group) is 1. The minimum atomic E-state index is -0.600. The molecule has 63 heavy (non-hydrogen) atoms. The first-order valence-electron chi connectivity index (χ1n) is 22.8. The number of alkyl carbamates (subject to hydrolysis) is 1. The van der Waals surface area contributed by atoms with Crippen molar-refractivity contribution in [1.29, 1.82) is 0 Å². The Morgan fingerprint density at radius 2 is 1.56 bits per heavy atom. The Kier molecular flexibility index (Phi) is 17.9. The minimum Gasteiger partial charge on any atom is -0.471 e. The summed E-state index contributed by atoms with van der Waals surface area (Å²) in [6.45, 7) is 1.99. The first-order valence-corrected chi connectivity index (χ1v) is 22.8. The third kappa shape index (κ3) is 13.1. The molecule has 2 saturated carbocycles. The minimum absolute atomic E-state index is 0.0107. The summed E-state index contributed by atoms with van der Waals surface area (Å²) in [5.41, 5.74) is 6.44. The van der Waals surface area contributed by atoms with Crippen LogP contribution in [0.4, 0.5) is 4.79 Å². The average molecular weight is 864 g/mol. The summed E-state index contributed by atoms with van der Waals surface area (Å²) < 4.78 is 8.76. The maximum Gasteiger partial charge on any atom is 0.407 e. The van der Waals surface area contributed by atoms with E-state index in [9.17, 15) is 14.4 Å². The summed E-state index contributed by atoms with van der Waals surface area (Å²) >= 11 is 0. The van der Waals surface area contributed by atoms with Crippen molar-refractivity contribution in [3.63, 3.8) is 0 Å². The van der Waals surface area contributed by atoms with E-state index in [0.717, 1.165) is 120 Å². The predicted octanol–water partition coefficient (Wildman–Crippen LogP) is 7.92. The lowest BCUT2D eigenvalue weighted by Gasteiger charge is -2.34. The van der Waals surface area contributed by atoms with Gasteiger partial charge in [-0.05, 0) is 81.8 Å². The molecule has 5 N–H and O–H groups in total. The van der Waals surface area contributed by atoms with Gasteiger partial charge in [0.15, 0.2) is 0 Å². The molecule has 3 amide bonds. The van der Waals surface area contributed by atoms with Crippen LogP contribution in [-0.2, 0) is 30.3 Å². The molecule has 5 aromatic rings. The van der Waals surface area contributed by atoms with Crippen LogP contribution in [0.3, 0.4) is 0 Å². The lowest BCUT2D eigenvalue weighted by molar-refractivity contribution is -0.136. The largest absolute Gasteiger partial charge is 0.471 e. The zero-order valence-electron chi connectivity index (χ0n) is 37.2. The number of carbonyl (C=O) groups excluding carboxylic acids is 4. The third-order valence-corrected chi connectivity index (χ3v) is 12.2. The van der Waals surface area contributed by atoms with Crippen molar-refractivity contribution in [3.05, 3.63) is 66.4 Å². The standard InChI is InChI=1S/C40H49N9O4.C6H12.C2H4O2/c1-41-24-36(50)42-19-7-6-12-35-43-23-33(45-35)27-14-17-29-26(21-27)13-16-30(44-29)28-15-18-31-32(22-28)47-38(46-31)34-11-8-20-49(34)39(51)37(48-40(52)53-2)25-9-4-3-5-10-25;1-2-4-6-5-3-1;1-4-2-3/h13-18,21-23,25,34,37,41H,3-12,19-20,24H2,1-2H3,(H,42,50)(H,43,45)(H,46,47)(H,48,52);1-6H2;2H,1H3. The van der Waals surface area contributed by atoms with E-state index >= 15 is 0 Å². The van der Waals surface area contributed by atoms with Gasteiger partial charge < -0.3 is 40.3 Å². The normalized spacial score (nSPS) is 16.9. The maximum atomic E-state index is 14.0. The van der Waals surface area contributed by atoms with Crippen LogP contribution in [-0.4, -0.2) is 101 Å². The van der Waals surface area contributed by atoms with Crippen molar-refractivity contribution < 1.29 is 28.7 Å². The number of rotatable bonds is 14. The predicted molar refractivity (Wildman–Crippen MR) is 245 cm³/mol. The lowest BCUT2D eigenvalue weighted by atomic mass is 9.83. The maximum absolute atomic E-state index is 14.0. The van der Waals surface area contributed by atoms with Gasteiger partial charge in [0.05, 0.1) is 60.9 Å². The summed E-state index contributed by atoms with van der Waals surface area (Å²) in [6.07, 6.45) is 19.8. The smallest absolute Gasteiger partial charge is 0.407 e. The SMILES string of the molecule is C1CCCCC1.CNCC(=O)NCCCCc1ncc(-c2ccc3nc(-c4ccc5nc(C6CCCN6C(=O)C(NC(=O)OC)C6CCCCC6)[nH]c5c4)ccc3c2)[nH]1.COC=O. The number of pyridine rings is 1. The molecule has 0 radical (unpaired) electrons. The van der Waals surface area contributed by atoms with Gasteiger partial charge in [0.25, 0.3) is 6.47 Å². The second kappa shape index (κ2) is 24.1. The zero-order chi connectivity index (χ0) is 44.4. The van der Waals surface area contributed by atoms with Crippen molar-refractivity contribution >= 4 is 46.3 Å². The molecule has 15 nitrogen and oxygen atoms in total. The molecule has 4 heterocycles. The molecule has 2 unspecified atom stereocenters.